The molecule has 0 aliphatic carbocycles. The number of fused-ring (bicyclic) bond motifs is 1. The normalized spacial score (nSPS) is 15.4. The Kier molecular flexibility index (Phi) is 3.70. The molecule has 1 aliphatic rings. The second-order valence-electron chi connectivity index (χ2n) is 5.23. The second kappa shape index (κ2) is 5.51. The average molecular weight is 303 g/mol. The highest BCUT2D eigenvalue weighted by Gasteiger charge is 2.23. The van der Waals surface area contributed by atoms with Crippen LogP contribution in [0.25, 0.3) is 6.08 Å². The molecule has 1 aliphatic heterocycles. The molecule has 0 fully saturated rings. The van der Waals surface area contributed by atoms with Crippen molar-refractivity contribution in [3.8, 4) is 0 Å². The molecule has 0 amide bonds. The largest absolute Gasteiger partial charge is 0.339 e. The third kappa shape index (κ3) is 2.67. The molecular formula is C17H16ClFN2. The minimum Gasteiger partial charge on any atom is -0.339 e. The average Bonchev–Trinajstić information content (AvgIpc) is 2.46. The van der Waals surface area contributed by atoms with Gasteiger partial charge in [-0.25, -0.2) is 4.39 Å². The topological polar surface area (TPSA) is 29.3 Å². The van der Waals surface area contributed by atoms with E-state index >= 15 is 0 Å². The highest BCUT2D eigenvalue weighted by atomic mass is 35.5. The Balaban J connectivity index is 2.12. The molecule has 108 valence electrons. The first-order chi connectivity index (χ1) is 10.1. The van der Waals surface area contributed by atoms with Gasteiger partial charge < -0.3 is 10.6 Å². The SMILES string of the molecule is CC(N)C1=Cc2cccc(Cl)c2CN1c1cccc(F)c1. The first-order valence-electron chi connectivity index (χ1n) is 6.84. The number of rotatable bonds is 2. The summed E-state index contributed by atoms with van der Waals surface area (Å²) in [6.45, 7) is 2.51. The van der Waals surface area contributed by atoms with Gasteiger partial charge in [0, 0.05) is 29.0 Å². The predicted molar refractivity (Wildman–Crippen MR) is 85.7 cm³/mol. The lowest BCUT2D eigenvalue weighted by atomic mass is 9.98. The van der Waals surface area contributed by atoms with E-state index in [1.807, 2.05) is 42.2 Å². The lowest BCUT2D eigenvalue weighted by Crippen LogP contribution is -2.35. The molecule has 2 aromatic carbocycles. The van der Waals surface area contributed by atoms with Crippen molar-refractivity contribution in [1.82, 2.24) is 0 Å². The Labute approximate surface area is 128 Å². The van der Waals surface area contributed by atoms with Gasteiger partial charge in [-0.1, -0.05) is 29.8 Å². The summed E-state index contributed by atoms with van der Waals surface area (Å²) in [5.41, 5.74) is 9.93. The quantitative estimate of drug-likeness (QED) is 0.901. The van der Waals surface area contributed by atoms with E-state index in [2.05, 4.69) is 0 Å². The van der Waals surface area contributed by atoms with Crippen LogP contribution in [0.4, 0.5) is 10.1 Å². The summed E-state index contributed by atoms with van der Waals surface area (Å²) in [6, 6.07) is 12.2. The zero-order valence-corrected chi connectivity index (χ0v) is 12.4. The minimum atomic E-state index is -0.263. The van der Waals surface area contributed by atoms with E-state index < -0.39 is 0 Å². The molecule has 2 aromatic rings. The van der Waals surface area contributed by atoms with Gasteiger partial charge in [0.15, 0.2) is 0 Å². The van der Waals surface area contributed by atoms with Crippen LogP contribution in [0.15, 0.2) is 48.2 Å². The summed E-state index contributed by atoms with van der Waals surface area (Å²) in [4.78, 5) is 2.02. The van der Waals surface area contributed by atoms with Crippen molar-refractivity contribution in [3.05, 3.63) is 70.1 Å². The van der Waals surface area contributed by atoms with E-state index in [9.17, 15) is 4.39 Å². The summed E-state index contributed by atoms with van der Waals surface area (Å²) in [5.74, 6) is -0.263. The smallest absolute Gasteiger partial charge is 0.125 e. The third-order valence-electron chi connectivity index (χ3n) is 3.67. The number of hydrogen-bond donors (Lipinski definition) is 1. The lowest BCUT2D eigenvalue weighted by molar-refractivity contribution is 0.626. The van der Waals surface area contributed by atoms with Crippen LogP contribution in [0.2, 0.25) is 5.02 Å². The number of anilines is 1. The van der Waals surface area contributed by atoms with Crippen molar-refractivity contribution in [2.24, 2.45) is 5.73 Å². The van der Waals surface area contributed by atoms with Gasteiger partial charge in [0.2, 0.25) is 0 Å². The molecule has 0 bridgehead atoms. The monoisotopic (exact) mass is 302 g/mol. The highest BCUT2D eigenvalue weighted by Crippen LogP contribution is 2.34. The number of nitrogens with two attached hydrogens (primary N) is 1. The molecule has 1 heterocycles. The Morgan fingerprint density at radius 3 is 2.71 bits per heavy atom. The molecular weight excluding hydrogens is 287 g/mol. The van der Waals surface area contributed by atoms with E-state index in [4.69, 9.17) is 17.3 Å². The molecule has 0 aromatic heterocycles. The van der Waals surface area contributed by atoms with Gasteiger partial charge in [0.05, 0.1) is 0 Å². The lowest BCUT2D eigenvalue weighted by Gasteiger charge is -2.34. The van der Waals surface area contributed by atoms with Crippen LogP contribution in [0.5, 0.6) is 0 Å². The van der Waals surface area contributed by atoms with Crippen LogP contribution in [-0.4, -0.2) is 6.04 Å². The van der Waals surface area contributed by atoms with Crippen LogP contribution >= 0.6 is 11.6 Å². The Morgan fingerprint density at radius 2 is 2.00 bits per heavy atom. The summed E-state index contributed by atoms with van der Waals surface area (Å²) in [6.07, 6.45) is 2.03. The van der Waals surface area contributed by atoms with Crippen LogP contribution in [0.3, 0.4) is 0 Å². The Morgan fingerprint density at radius 1 is 1.24 bits per heavy atom. The summed E-state index contributed by atoms with van der Waals surface area (Å²) >= 11 is 6.29. The highest BCUT2D eigenvalue weighted by molar-refractivity contribution is 6.31. The van der Waals surface area contributed by atoms with E-state index in [0.29, 0.717) is 11.6 Å². The van der Waals surface area contributed by atoms with E-state index in [1.165, 1.54) is 12.1 Å². The fourth-order valence-corrected chi connectivity index (χ4v) is 2.87. The fourth-order valence-electron chi connectivity index (χ4n) is 2.63. The molecule has 3 rings (SSSR count). The first kappa shape index (κ1) is 14.1. The molecule has 0 saturated heterocycles. The maximum Gasteiger partial charge on any atom is 0.125 e. The molecule has 0 radical (unpaired) electrons. The van der Waals surface area contributed by atoms with E-state index in [-0.39, 0.29) is 11.9 Å². The van der Waals surface area contributed by atoms with Gasteiger partial charge in [0.25, 0.3) is 0 Å². The standard InChI is InChI=1S/C17H16ClFN2/c1-11(20)17-8-12-4-2-7-16(18)15(12)10-21(17)14-6-3-5-13(19)9-14/h2-9,11H,10,20H2,1H3. The maximum absolute atomic E-state index is 13.5. The van der Waals surface area contributed by atoms with Crippen molar-refractivity contribution < 1.29 is 4.39 Å². The zero-order chi connectivity index (χ0) is 15.0. The van der Waals surface area contributed by atoms with Gasteiger partial charge in [-0.3, -0.25) is 0 Å². The zero-order valence-electron chi connectivity index (χ0n) is 11.7. The van der Waals surface area contributed by atoms with Gasteiger partial charge in [-0.15, -0.1) is 0 Å². The van der Waals surface area contributed by atoms with Crippen molar-refractivity contribution in [1.29, 1.82) is 0 Å². The van der Waals surface area contributed by atoms with Crippen LogP contribution in [0, 0.1) is 5.82 Å². The Bertz CT molecular complexity index is 710. The van der Waals surface area contributed by atoms with Crippen LogP contribution < -0.4 is 10.6 Å². The van der Waals surface area contributed by atoms with Gasteiger partial charge in [0.1, 0.15) is 5.82 Å². The van der Waals surface area contributed by atoms with Crippen molar-refractivity contribution in [3.63, 3.8) is 0 Å². The van der Waals surface area contributed by atoms with Crippen molar-refractivity contribution in [2.75, 3.05) is 4.90 Å². The molecule has 21 heavy (non-hydrogen) atoms. The summed E-state index contributed by atoms with van der Waals surface area (Å²) in [7, 11) is 0. The maximum atomic E-state index is 13.5. The molecule has 0 saturated carbocycles. The van der Waals surface area contributed by atoms with Gasteiger partial charge in [-0.2, -0.15) is 0 Å². The van der Waals surface area contributed by atoms with Gasteiger partial charge >= 0.3 is 0 Å². The number of halogens is 2. The molecule has 2 N–H and O–H groups in total. The number of nitrogens with zero attached hydrogens (tertiary/aromatic N) is 1. The molecule has 0 spiro atoms. The molecule has 4 heteroatoms. The minimum absolute atomic E-state index is 0.152. The van der Waals surface area contributed by atoms with Crippen molar-refractivity contribution in [2.45, 2.75) is 19.5 Å². The van der Waals surface area contributed by atoms with Crippen LogP contribution in [-0.2, 0) is 6.54 Å². The second-order valence-corrected chi connectivity index (χ2v) is 5.64. The van der Waals surface area contributed by atoms with Gasteiger partial charge in [-0.05, 0) is 48.4 Å². The van der Waals surface area contributed by atoms with E-state index in [1.54, 1.807) is 6.07 Å². The Hall–Kier alpha value is -1.84. The first-order valence-corrected chi connectivity index (χ1v) is 7.22. The van der Waals surface area contributed by atoms with Crippen molar-refractivity contribution >= 4 is 23.4 Å². The molecule has 1 unspecified atom stereocenters. The summed E-state index contributed by atoms with van der Waals surface area (Å²) < 4.78 is 13.5. The fraction of sp³-hybridized carbons (Fsp3) is 0.176. The number of benzene rings is 2. The predicted octanol–water partition coefficient (Wildman–Crippen LogP) is 4.19. The van der Waals surface area contributed by atoms with Crippen LogP contribution in [0.1, 0.15) is 18.1 Å². The third-order valence-corrected chi connectivity index (χ3v) is 4.03. The molecule has 1 atom stereocenters. The summed E-state index contributed by atoms with van der Waals surface area (Å²) in [5, 5.41) is 0.717. The van der Waals surface area contributed by atoms with E-state index in [0.717, 1.165) is 22.5 Å². The number of hydrogen-bond acceptors (Lipinski definition) is 2. The molecule has 2 nitrogen and oxygen atoms in total.